The van der Waals surface area contributed by atoms with Crippen LogP contribution in [0.4, 0.5) is 32.6 Å². The number of thiophene rings is 1. The van der Waals surface area contributed by atoms with Crippen molar-refractivity contribution in [2.75, 3.05) is 11.9 Å². The summed E-state index contributed by atoms with van der Waals surface area (Å²) in [4.78, 5) is 22.4. The van der Waals surface area contributed by atoms with Crippen molar-refractivity contribution in [1.29, 1.82) is 0 Å². The summed E-state index contributed by atoms with van der Waals surface area (Å²) in [5.74, 6) is -3.14. The molecule has 1 aliphatic heterocycles. The molecule has 244 valence electrons. The summed E-state index contributed by atoms with van der Waals surface area (Å²) in [5.41, 5.74) is 0.946. The molecule has 0 bridgehead atoms. The van der Waals surface area contributed by atoms with Gasteiger partial charge in [-0.2, -0.15) is 21.6 Å². The smallest absolute Gasteiger partial charge is 0.363 e. The van der Waals surface area contributed by atoms with Gasteiger partial charge in [0.2, 0.25) is 0 Å². The number of amides is 2. The van der Waals surface area contributed by atoms with Gasteiger partial charge in [0.05, 0.1) is 28.1 Å². The van der Waals surface area contributed by atoms with Gasteiger partial charge in [-0.05, 0) is 67.4 Å². The second kappa shape index (κ2) is 12.5. The van der Waals surface area contributed by atoms with Crippen LogP contribution >= 0.6 is 22.9 Å². The molecule has 0 spiro atoms. The summed E-state index contributed by atoms with van der Waals surface area (Å²) in [6.07, 6.45) is -2.11. The zero-order chi connectivity index (χ0) is 33.5. The standard InChI is InChI=1S/C30H27ClF5N5O3S2/c1-18-14-29(32,33)17-41(18,46(43,44)27-10-9-25(31)45-27)28(42)38-15-20-12-24(21-5-7-23(8-6-21)30(34,35)36)40-26(13-20)39-19(2)22-4-3-11-37-16-22/h3-13,16,18-19H,14-15,17H2,1-2H3,(H-,38,39,40,42)/p+1/t18-,19?,41?/m1/s1. The van der Waals surface area contributed by atoms with E-state index in [1.165, 1.54) is 37.3 Å². The summed E-state index contributed by atoms with van der Waals surface area (Å²) < 4.78 is 94.9. The summed E-state index contributed by atoms with van der Waals surface area (Å²) in [6.45, 7) is 1.56. The molecule has 0 saturated carbocycles. The number of likely N-dealkylation sites (tertiary alicyclic amines) is 1. The zero-order valence-electron chi connectivity index (χ0n) is 24.4. The zero-order valence-corrected chi connectivity index (χ0v) is 26.7. The first kappa shape index (κ1) is 33.7. The van der Waals surface area contributed by atoms with E-state index in [-0.39, 0.29) is 26.8 Å². The van der Waals surface area contributed by atoms with Crippen LogP contribution in [0.2, 0.25) is 4.34 Å². The molecule has 8 nitrogen and oxygen atoms in total. The highest BCUT2D eigenvalue weighted by molar-refractivity contribution is 7.88. The molecule has 1 aromatic carbocycles. The van der Waals surface area contributed by atoms with E-state index in [4.69, 9.17) is 11.6 Å². The van der Waals surface area contributed by atoms with Crippen molar-refractivity contribution < 1.29 is 39.1 Å². The number of quaternary nitrogens is 1. The minimum absolute atomic E-state index is 0.115. The molecular weight excluding hydrogens is 673 g/mol. The average Bonchev–Trinajstić information content (AvgIpc) is 3.56. The summed E-state index contributed by atoms with van der Waals surface area (Å²) in [7, 11) is -4.67. The normalized spacial score (nSPS) is 20.3. The Kier molecular flexibility index (Phi) is 9.16. The number of carbonyl (C=O) groups excluding carboxylic acids is 1. The molecule has 3 aromatic heterocycles. The average molecular weight is 701 g/mol. The summed E-state index contributed by atoms with van der Waals surface area (Å²) >= 11 is 6.61. The fourth-order valence-electron chi connectivity index (χ4n) is 5.43. The van der Waals surface area contributed by atoms with Crippen LogP contribution in [0, 0.1) is 0 Å². The number of sulfonamides is 1. The van der Waals surface area contributed by atoms with Gasteiger partial charge in [0, 0.05) is 24.5 Å². The number of nitrogens with zero attached hydrogens (tertiary/aromatic N) is 3. The van der Waals surface area contributed by atoms with Crippen molar-refractivity contribution >= 4 is 44.8 Å². The molecular formula is C30H28ClF5N5O3S2+. The van der Waals surface area contributed by atoms with Crippen molar-refractivity contribution in [1.82, 2.24) is 15.3 Å². The van der Waals surface area contributed by atoms with E-state index in [0.717, 1.165) is 17.7 Å². The largest absolute Gasteiger partial charge is 0.432 e. The van der Waals surface area contributed by atoms with Crippen molar-refractivity contribution in [3.05, 3.63) is 94.1 Å². The second-order valence-corrected chi connectivity index (χ2v) is 15.0. The van der Waals surface area contributed by atoms with Crippen molar-refractivity contribution in [3.8, 4) is 11.3 Å². The van der Waals surface area contributed by atoms with E-state index in [0.29, 0.717) is 28.3 Å². The maximum atomic E-state index is 14.7. The van der Waals surface area contributed by atoms with E-state index in [1.54, 1.807) is 24.5 Å². The van der Waals surface area contributed by atoms with Gasteiger partial charge in [-0.25, -0.2) is 18.6 Å². The predicted octanol–water partition coefficient (Wildman–Crippen LogP) is 7.89. The lowest BCUT2D eigenvalue weighted by Crippen LogP contribution is -2.62. The molecule has 1 fully saturated rings. The Morgan fingerprint density at radius 3 is 2.43 bits per heavy atom. The first-order valence-corrected chi connectivity index (χ1v) is 16.5. The van der Waals surface area contributed by atoms with Crippen LogP contribution in [0.3, 0.4) is 0 Å². The fraction of sp³-hybridized carbons (Fsp3) is 0.300. The Hall–Kier alpha value is -3.66. The predicted molar refractivity (Wildman–Crippen MR) is 164 cm³/mol. The molecule has 4 heterocycles. The molecule has 4 aromatic rings. The Morgan fingerprint density at radius 2 is 1.87 bits per heavy atom. The Morgan fingerprint density at radius 1 is 1.15 bits per heavy atom. The van der Waals surface area contributed by atoms with Gasteiger partial charge in [-0.1, -0.05) is 29.8 Å². The molecule has 5 rings (SSSR count). The number of hydrogen-bond acceptors (Lipinski definition) is 7. The Labute approximate surface area is 270 Å². The maximum Gasteiger partial charge on any atom is 0.432 e. The first-order valence-electron chi connectivity index (χ1n) is 13.9. The number of urea groups is 1. The highest BCUT2D eigenvalue weighted by Gasteiger charge is 2.66. The number of nitrogens with one attached hydrogen (secondary N) is 2. The van der Waals surface area contributed by atoms with Crippen molar-refractivity contribution in [3.63, 3.8) is 0 Å². The molecule has 2 amide bonds. The lowest BCUT2D eigenvalue weighted by Gasteiger charge is -2.32. The van der Waals surface area contributed by atoms with E-state index < -0.39 is 56.6 Å². The van der Waals surface area contributed by atoms with Gasteiger partial charge in [0.1, 0.15) is 11.9 Å². The van der Waals surface area contributed by atoms with Crippen molar-refractivity contribution in [2.24, 2.45) is 0 Å². The number of hydrogen-bond donors (Lipinski definition) is 2. The molecule has 1 saturated heterocycles. The summed E-state index contributed by atoms with van der Waals surface area (Å²) in [6, 6.07) is 10.8. The van der Waals surface area contributed by atoms with E-state index in [2.05, 4.69) is 20.6 Å². The van der Waals surface area contributed by atoms with Gasteiger partial charge >= 0.3 is 28.2 Å². The number of halogens is 6. The highest BCUT2D eigenvalue weighted by Crippen LogP contribution is 2.45. The van der Waals surface area contributed by atoms with Crippen LogP contribution in [0.15, 0.2) is 77.3 Å². The van der Waals surface area contributed by atoms with Gasteiger partial charge in [-0.15, -0.1) is 15.2 Å². The Balaban J connectivity index is 1.49. The van der Waals surface area contributed by atoms with E-state index in [9.17, 15) is 35.2 Å². The van der Waals surface area contributed by atoms with Crippen molar-refractivity contribution in [2.45, 2.75) is 55.2 Å². The quantitative estimate of drug-likeness (QED) is 0.143. The third kappa shape index (κ3) is 6.73. The SMILES string of the molecule is CC(Nc1cc(CNC(=O)[N+]2(S(=O)(=O)c3ccc(Cl)s3)CC(F)(F)C[C@H]2C)cc(-c2ccc(C(F)(F)F)cc2)n1)c1cccnc1. The number of carbonyl (C=O) groups is 1. The third-order valence-corrected chi connectivity index (χ3v) is 11.8. The number of aromatic nitrogens is 2. The van der Waals surface area contributed by atoms with Crippen LogP contribution < -0.4 is 10.6 Å². The molecule has 16 heteroatoms. The highest BCUT2D eigenvalue weighted by atomic mass is 35.5. The van der Waals surface area contributed by atoms with E-state index >= 15 is 0 Å². The molecule has 3 atom stereocenters. The van der Waals surface area contributed by atoms with Crippen LogP contribution in [-0.4, -0.2) is 46.8 Å². The van der Waals surface area contributed by atoms with Crippen LogP contribution in [0.1, 0.15) is 43.0 Å². The van der Waals surface area contributed by atoms with E-state index in [1.807, 2.05) is 13.0 Å². The first-order chi connectivity index (χ1) is 21.5. The molecule has 2 N–H and O–H groups in total. The molecule has 0 aliphatic carbocycles. The number of rotatable bonds is 8. The third-order valence-electron chi connectivity index (χ3n) is 7.73. The number of benzene rings is 1. The van der Waals surface area contributed by atoms with Gasteiger partial charge in [0.25, 0.3) is 0 Å². The second-order valence-electron chi connectivity index (χ2n) is 11.0. The lowest BCUT2D eigenvalue weighted by atomic mass is 10.1. The van der Waals surface area contributed by atoms with Crippen LogP contribution in [0.25, 0.3) is 11.3 Å². The topological polar surface area (TPSA) is 101 Å². The molecule has 2 unspecified atom stereocenters. The fourth-order valence-corrected chi connectivity index (χ4v) is 9.19. The van der Waals surface area contributed by atoms with Gasteiger partial charge in [0.15, 0.2) is 10.8 Å². The number of alkyl halides is 5. The summed E-state index contributed by atoms with van der Waals surface area (Å²) in [5, 5.41) is 5.74. The maximum absolute atomic E-state index is 14.7. The minimum atomic E-state index is -4.67. The van der Waals surface area contributed by atoms with Gasteiger partial charge < -0.3 is 10.6 Å². The lowest BCUT2D eigenvalue weighted by molar-refractivity contribution is -0.738. The minimum Gasteiger partial charge on any atom is -0.363 e. The molecule has 46 heavy (non-hydrogen) atoms. The number of pyridine rings is 2. The molecule has 1 aliphatic rings. The molecule has 0 radical (unpaired) electrons. The van der Waals surface area contributed by atoms with Crippen LogP contribution in [-0.2, 0) is 22.7 Å². The monoisotopic (exact) mass is 700 g/mol. The van der Waals surface area contributed by atoms with Gasteiger partial charge in [-0.3, -0.25) is 4.98 Å². The number of anilines is 1. The Bertz CT molecular complexity index is 1840. The van der Waals surface area contributed by atoms with Crippen LogP contribution in [0.5, 0.6) is 0 Å².